The molecular weight excluding hydrogens is 589 g/mol. The molecule has 0 aliphatic heterocycles. The molecule has 0 bridgehead atoms. The summed E-state index contributed by atoms with van der Waals surface area (Å²) in [4.78, 5) is 15.9. The van der Waals surface area contributed by atoms with Gasteiger partial charge in [0.15, 0.2) is 0 Å². The first-order valence-electron chi connectivity index (χ1n) is 13.4. The van der Waals surface area contributed by atoms with E-state index in [-0.39, 0.29) is 37.8 Å². The number of aryl methyl sites for hydroxylation is 4. The zero-order valence-electron chi connectivity index (χ0n) is 24.2. The number of benzene rings is 4. The normalized spacial score (nSPS) is 10.5. The summed E-state index contributed by atoms with van der Waals surface area (Å²) in [5, 5.41) is 9.16. The minimum Gasteiger partial charge on any atom is -0.488 e. The van der Waals surface area contributed by atoms with Gasteiger partial charge in [-0.2, -0.15) is 0 Å². The smallest absolute Gasteiger partial charge is 0.303 e. The van der Waals surface area contributed by atoms with Crippen molar-refractivity contribution in [3.8, 4) is 23.0 Å². The van der Waals surface area contributed by atoms with Crippen molar-refractivity contribution in [3.05, 3.63) is 107 Å². The second-order valence-corrected chi connectivity index (χ2v) is 10.0. The number of ether oxygens (including phenoxy) is 3. The molecule has 0 radical (unpaired) electrons. The van der Waals surface area contributed by atoms with Crippen LogP contribution in [0, 0.1) is 13.8 Å². The maximum Gasteiger partial charge on any atom is 0.303 e. The Balaban J connectivity index is 0.00000253. The molecule has 3 N–H and O–H groups in total. The van der Waals surface area contributed by atoms with Crippen LogP contribution in [0.2, 0.25) is 0 Å². The Hall–Kier alpha value is -4.40. The number of nitrogen functional groups attached to an aromatic ring is 1. The molecule has 0 saturated carbocycles. The van der Waals surface area contributed by atoms with E-state index >= 15 is 0 Å². The molecule has 4 aromatic carbocycles. The summed E-state index contributed by atoms with van der Waals surface area (Å²) < 4.78 is 20.3. The molecule has 0 amide bonds. The number of rotatable bonds is 11. The van der Waals surface area contributed by atoms with Crippen LogP contribution < -0.4 is 19.9 Å². The SMILES string of the molecule is Cc1cc(Oc2ccc3nc(COc4ccc(CCC(=O)O)c(OCc5ccccc5)c4)n(C)c3c2)cc(C)c1N.Cl.Cl. The lowest BCUT2D eigenvalue weighted by atomic mass is 10.1. The molecule has 0 aliphatic rings. The fourth-order valence-corrected chi connectivity index (χ4v) is 4.63. The maximum atomic E-state index is 11.2. The third-order valence-corrected chi connectivity index (χ3v) is 7.00. The van der Waals surface area contributed by atoms with Crippen LogP contribution in [0.25, 0.3) is 11.0 Å². The average Bonchev–Trinajstić information content (AvgIpc) is 3.28. The van der Waals surface area contributed by atoms with Crippen LogP contribution in [0.15, 0.2) is 78.9 Å². The number of aliphatic carboxylic acids is 1. The van der Waals surface area contributed by atoms with E-state index in [2.05, 4.69) is 0 Å². The van der Waals surface area contributed by atoms with Gasteiger partial charge in [0.1, 0.15) is 42.0 Å². The van der Waals surface area contributed by atoms with Crippen LogP contribution in [-0.4, -0.2) is 20.6 Å². The van der Waals surface area contributed by atoms with Gasteiger partial charge >= 0.3 is 5.97 Å². The molecule has 1 aromatic heterocycles. The van der Waals surface area contributed by atoms with Crippen molar-refractivity contribution in [2.45, 2.75) is 39.9 Å². The molecule has 5 aromatic rings. The van der Waals surface area contributed by atoms with Crippen LogP contribution >= 0.6 is 24.8 Å². The first-order valence-corrected chi connectivity index (χ1v) is 13.4. The highest BCUT2D eigenvalue weighted by Crippen LogP contribution is 2.31. The van der Waals surface area contributed by atoms with E-state index in [0.717, 1.165) is 50.5 Å². The minimum absolute atomic E-state index is 0. The number of imidazole rings is 1. The summed E-state index contributed by atoms with van der Waals surface area (Å²) in [6.07, 6.45) is 0.384. The van der Waals surface area contributed by atoms with E-state index in [1.807, 2.05) is 104 Å². The van der Waals surface area contributed by atoms with Crippen LogP contribution in [-0.2, 0) is 31.5 Å². The number of nitrogens with two attached hydrogens (primary N) is 1. The third-order valence-electron chi connectivity index (χ3n) is 7.00. The second-order valence-electron chi connectivity index (χ2n) is 10.0. The zero-order valence-corrected chi connectivity index (χ0v) is 25.8. The molecule has 1 heterocycles. The topological polar surface area (TPSA) is 109 Å². The third kappa shape index (κ3) is 8.12. The predicted octanol–water partition coefficient (Wildman–Crippen LogP) is 7.58. The van der Waals surface area contributed by atoms with Gasteiger partial charge in [0.2, 0.25) is 0 Å². The van der Waals surface area contributed by atoms with Gasteiger partial charge in [0.05, 0.1) is 11.0 Å². The monoisotopic (exact) mass is 623 g/mol. The Morgan fingerprint density at radius 1 is 0.860 bits per heavy atom. The second kappa shape index (κ2) is 14.7. The Morgan fingerprint density at radius 3 is 2.26 bits per heavy atom. The largest absolute Gasteiger partial charge is 0.488 e. The van der Waals surface area contributed by atoms with Crippen molar-refractivity contribution < 1.29 is 24.1 Å². The fraction of sp³-hybridized carbons (Fsp3) is 0.212. The fourth-order valence-electron chi connectivity index (χ4n) is 4.63. The number of fused-ring (bicyclic) bond motifs is 1. The van der Waals surface area contributed by atoms with Crippen LogP contribution in [0.5, 0.6) is 23.0 Å². The van der Waals surface area contributed by atoms with E-state index in [0.29, 0.717) is 30.3 Å². The molecule has 43 heavy (non-hydrogen) atoms. The molecule has 10 heteroatoms. The van der Waals surface area contributed by atoms with Crippen LogP contribution in [0.3, 0.4) is 0 Å². The minimum atomic E-state index is -0.853. The molecule has 0 unspecified atom stereocenters. The molecule has 0 spiro atoms. The Morgan fingerprint density at radius 2 is 1.56 bits per heavy atom. The Labute approximate surface area is 263 Å². The lowest BCUT2D eigenvalue weighted by molar-refractivity contribution is -0.136. The summed E-state index contributed by atoms with van der Waals surface area (Å²) >= 11 is 0. The van der Waals surface area contributed by atoms with Crippen molar-refractivity contribution in [1.82, 2.24) is 9.55 Å². The Bertz CT molecular complexity index is 1680. The summed E-state index contributed by atoms with van der Waals surface area (Å²) in [5.41, 5.74) is 12.4. The molecule has 5 rings (SSSR count). The number of nitrogens with zero attached hydrogens (tertiary/aromatic N) is 2. The van der Waals surface area contributed by atoms with Crippen molar-refractivity contribution in [2.75, 3.05) is 5.73 Å². The Kier molecular flexibility index (Phi) is 11.3. The van der Waals surface area contributed by atoms with Gasteiger partial charge in [-0.15, -0.1) is 24.8 Å². The number of carboxylic acids is 1. The lowest BCUT2D eigenvalue weighted by Gasteiger charge is -2.14. The summed E-state index contributed by atoms with van der Waals surface area (Å²) in [5.74, 6) is 2.54. The van der Waals surface area contributed by atoms with Gasteiger partial charge in [0, 0.05) is 31.3 Å². The number of carboxylic acid groups (broad SMARTS) is 1. The lowest BCUT2D eigenvalue weighted by Crippen LogP contribution is -2.05. The van der Waals surface area contributed by atoms with Gasteiger partial charge in [-0.1, -0.05) is 36.4 Å². The first-order chi connectivity index (χ1) is 19.8. The molecule has 0 atom stereocenters. The standard InChI is InChI=1S/C33H33N3O5.2ClH/c1-21-15-27(16-22(2)33(21)34)41-26-12-13-28-29(17-26)36(3)31(35-28)20-39-25-11-9-24(10-14-32(37)38)30(18-25)40-19-23-7-5-4-6-8-23;;/h4-9,11-13,15-18H,10,14,19-20,34H2,1-3H3,(H,37,38);2*1H. The highest BCUT2D eigenvalue weighted by molar-refractivity contribution is 5.85. The van der Waals surface area contributed by atoms with Gasteiger partial charge in [-0.25, -0.2) is 4.98 Å². The first kappa shape index (κ1) is 33.1. The highest BCUT2D eigenvalue weighted by Gasteiger charge is 2.13. The van der Waals surface area contributed by atoms with Crippen molar-refractivity contribution in [1.29, 1.82) is 0 Å². The average molecular weight is 625 g/mol. The quantitative estimate of drug-likeness (QED) is 0.146. The number of aromatic nitrogens is 2. The summed E-state index contributed by atoms with van der Waals surface area (Å²) in [6.45, 7) is 4.54. The molecular formula is C33H35Cl2N3O5. The summed E-state index contributed by atoms with van der Waals surface area (Å²) in [6, 6.07) is 25.0. The number of hydrogen-bond donors (Lipinski definition) is 2. The van der Waals surface area contributed by atoms with Crippen LogP contribution in [0.4, 0.5) is 5.69 Å². The predicted molar refractivity (Wildman–Crippen MR) is 173 cm³/mol. The molecule has 8 nitrogen and oxygen atoms in total. The number of hydrogen-bond acceptors (Lipinski definition) is 6. The van der Waals surface area contributed by atoms with E-state index in [4.69, 9.17) is 30.0 Å². The van der Waals surface area contributed by atoms with Gasteiger partial charge < -0.3 is 29.6 Å². The van der Waals surface area contributed by atoms with Gasteiger partial charge in [0.25, 0.3) is 0 Å². The highest BCUT2D eigenvalue weighted by atomic mass is 35.5. The van der Waals surface area contributed by atoms with E-state index in [1.54, 1.807) is 0 Å². The molecule has 0 fully saturated rings. The van der Waals surface area contributed by atoms with Crippen LogP contribution in [0.1, 0.15) is 34.5 Å². The molecule has 226 valence electrons. The number of halogens is 2. The molecule has 0 aliphatic carbocycles. The maximum absolute atomic E-state index is 11.2. The van der Waals surface area contributed by atoms with Crippen molar-refractivity contribution in [3.63, 3.8) is 0 Å². The molecule has 0 saturated heterocycles. The van der Waals surface area contributed by atoms with Crippen molar-refractivity contribution >= 4 is 47.5 Å². The number of anilines is 1. The number of carbonyl (C=O) groups is 1. The van der Waals surface area contributed by atoms with E-state index < -0.39 is 5.97 Å². The van der Waals surface area contributed by atoms with Gasteiger partial charge in [-0.05, 0) is 72.9 Å². The van der Waals surface area contributed by atoms with E-state index in [1.165, 1.54) is 0 Å². The van der Waals surface area contributed by atoms with E-state index in [9.17, 15) is 4.79 Å². The zero-order chi connectivity index (χ0) is 28.9. The van der Waals surface area contributed by atoms with Crippen molar-refractivity contribution in [2.24, 2.45) is 7.05 Å². The summed E-state index contributed by atoms with van der Waals surface area (Å²) in [7, 11) is 1.94. The van der Waals surface area contributed by atoms with Gasteiger partial charge in [-0.3, -0.25) is 4.79 Å².